The van der Waals surface area contributed by atoms with E-state index in [1.165, 1.54) is 0 Å². The summed E-state index contributed by atoms with van der Waals surface area (Å²) in [5, 5.41) is 9.39. The molecule has 0 radical (unpaired) electrons. The normalized spacial score (nSPS) is 22.4. The molecule has 1 fully saturated rings. The maximum absolute atomic E-state index is 12.1. The monoisotopic (exact) mass is 294 g/mol. The number of aliphatic hydroxyl groups excluding tert-OH is 1. The van der Waals surface area contributed by atoms with Gasteiger partial charge in [0.05, 0.1) is 12.7 Å². The molecule has 0 aliphatic carbocycles. The van der Waals surface area contributed by atoms with E-state index in [0.717, 1.165) is 4.31 Å². The molecular weight excluding hydrogens is 272 g/mol. The zero-order valence-electron chi connectivity index (χ0n) is 11.3. The average molecular weight is 294 g/mol. The summed E-state index contributed by atoms with van der Waals surface area (Å²) in [6.45, 7) is 3.91. The first-order valence-electron chi connectivity index (χ1n) is 6.53. The molecule has 19 heavy (non-hydrogen) atoms. The second-order valence-corrected chi connectivity index (χ2v) is 6.14. The zero-order valence-corrected chi connectivity index (χ0v) is 12.1. The van der Waals surface area contributed by atoms with E-state index in [0.29, 0.717) is 25.8 Å². The molecule has 112 valence electrons. The van der Waals surface area contributed by atoms with E-state index >= 15 is 0 Å². The molecule has 1 aliphatic rings. The second-order valence-electron chi connectivity index (χ2n) is 4.44. The molecule has 2 atom stereocenters. The summed E-state index contributed by atoms with van der Waals surface area (Å²) in [5.41, 5.74) is 0. The van der Waals surface area contributed by atoms with Crippen LogP contribution < -0.4 is 4.72 Å². The number of hydrogen-bond acceptors (Lipinski definition) is 5. The standard InChI is InChI=1S/C11H22N2O5S/c1-3-9(14)8-12-19(16,17)13-7-5-6-10(13)11(15)18-4-2/h9-10,12,14H,3-8H2,1-2H3. The number of nitrogens with zero attached hydrogens (tertiary/aromatic N) is 1. The van der Waals surface area contributed by atoms with Crippen molar-refractivity contribution in [1.82, 2.24) is 9.03 Å². The molecule has 0 saturated carbocycles. The summed E-state index contributed by atoms with van der Waals surface area (Å²) in [7, 11) is -3.76. The highest BCUT2D eigenvalue weighted by molar-refractivity contribution is 7.87. The van der Waals surface area contributed by atoms with Gasteiger partial charge in [0.2, 0.25) is 0 Å². The molecule has 0 aromatic rings. The predicted octanol–water partition coefficient (Wildman–Crippen LogP) is -0.381. The molecule has 2 N–H and O–H groups in total. The third-order valence-corrected chi connectivity index (χ3v) is 4.63. The number of carbonyl (C=O) groups excluding carboxylic acids is 1. The smallest absolute Gasteiger partial charge is 0.324 e. The minimum atomic E-state index is -3.76. The first-order valence-corrected chi connectivity index (χ1v) is 7.97. The zero-order chi connectivity index (χ0) is 14.5. The number of hydrogen-bond donors (Lipinski definition) is 2. The summed E-state index contributed by atoms with van der Waals surface area (Å²) >= 11 is 0. The third kappa shape index (κ3) is 4.41. The Labute approximate surface area is 114 Å². The van der Waals surface area contributed by atoms with Gasteiger partial charge in [-0.25, -0.2) is 0 Å². The van der Waals surface area contributed by atoms with E-state index < -0.39 is 28.3 Å². The van der Waals surface area contributed by atoms with E-state index in [9.17, 15) is 18.3 Å². The molecule has 1 saturated heterocycles. The van der Waals surface area contributed by atoms with Crippen molar-refractivity contribution in [3.8, 4) is 0 Å². The summed E-state index contributed by atoms with van der Waals surface area (Å²) in [4.78, 5) is 11.7. The predicted molar refractivity (Wildman–Crippen MR) is 69.6 cm³/mol. The van der Waals surface area contributed by atoms with Crippen LogP contribution in [0.5, 0.6) is 0 Å². The van der Waals surface area contributed by atoms with Crippen molar-refractivity contribution in [2.75, 3.05) is 19.7 Å². The Hall–Kier alpha value is -0.700. The van der Waals surface area contributed by atoms with Crippen LogP contribution in [0.15, 0.2) is 0 Å². The fourth-order valence-corrected chi connectivity index (χ4v) is 3.40. The van der Waals surface area contributed by atoms with Gasteiger partial charge in [-0.2, -0.15) is 17.4 Å². The highest BCUT2D eigenvalue weighted by Gasteiger charge is 2.39. The van der Waals surface area contributed by atoms with E-state index in [2.05, 4.69) is 4.72 Å². The van der Waals surface area contributed by atoms with Gasteiger partial charge < -0.3 is 9.84 Å². The van der Waals surface area contributed by atoms with Crippen molar-refractivity contribution < 1.29 is 23.1 Å². The molecule has 1 heterocycles. The van der Waals surface area contributed by atoms with Crippen LogP contribution in [0, 0.1) is 0 Å². The third-order valence-electron chi connectivity index (χ3n) is 3.04. The van der Waals surface area contributed by atoms with Gasteiger partial charge in [-0.15, -0.1) is 0 Å². The number of esters is 1. The SMILES string of the molecule is CCOC(=O)C1CCCN1S(=O)(=O)NCC(O)CC. The highest BCUT2D eigenvalue weighted by atomic mass is 32.2. The molecule has 2 unspecified atom stereocenters. The summed E-state index contributed by atoms with van der Waals surface area (Å²) in [6, 6.07) is -0.754. The maximum atomic E-state index is 12.1. The van der Waals surface area contributed by atoms with Gasteiger partial charge in [0.1, 0.15) is 6.04 Å². The summed E-state index contributed by atoms with van der Waals surface area (Å²) in [6.07, 6.45) is 0.832. The van der Waals surface area contributed by atoms with Gasteiger partial charge in [0, 0.05) is 13.1 Å². The number of carbonyl (C=O) groups is 1. The van der Waals surface area contributed by atoms with Crippen molar-refractivity contribution in [3.63, 3.8) is 0 Å². The largest absolute Gasteiger partial charge is 0.465 e. The van der Waals surface area contributed by atoms with Gasteiger partial charge in [-0.1, -0.05) is 6.92 Å². The van der Waals surface area contributed by atoms with Gasteiger partial charge in [0.15, 0.2) is 0 Å². The van der Waals surface area contributed by atoms with Crippen LogP contribution in [0.4, 0.5) is 0 Å². The molecular formula is C11H22N2O5S. The molecule has 1 rings (SSSR count). The Morgan fingerprint density at radius 1 is 1.53 bits per heavy atom. The van der Waals surface area contributed by atoms with E-state index in [1.807, 2.05) is 0 Å². The molecule has 1 aliphatic heterocycles. The average Bonchev–Trinajstić information content (AvgIpc) is 2.86. The second kappa shape index (κ2) is 7.18. The molecule has 0 spiro atoms. The van der Waals surface area contributed by atoms with Crippen molar-refractivity contribution in [1.29, 1.82) is 0 Å². The van der Waals surface area contributed by atoms with Gasteiger partial charge in [-0.3, -0.25) is 4.79 Å². The van der Waals surface area contributed by atoms with Crippen LogP contribution >= 0.6 is 0 Å². The Morgan fingerprint density at radius 2 is 2.21 bits per heavy atom. The van der Waals surface area contributed by atoms with Crippen LogP contribution in [0.25, 0.3) is 0 Å². The lowest BCUT2D eigenvalue weighted by Gasteiger charge is -2.23. The minimum Gasteiger partial charge on any atom is -0.465 e. The Bertz CT molecular complexity index is 398. The van der Waals surface area contributed by atoms with Crippen molar-refractivity contribution in [2.24, 2.45) is 0 Å². The summed E-state index contributed by atoms with van der Waals surface area (Å²) in [5.74, 6) is -0.513. The first kappa shape index (κ1) is 16.4. The lowest BCUT2D eigenvalue weighted by atomic mass is 10.2. The first-order chi connectivity index (χ1) is 8.92. The van der Waals surface area contributed by atoms with Crippen LogP contribution in [0.1, 0.15) is 33.1 Å². The fraction of sp³-hybridized carbons (Fsp3) is 0.909. The molecule has 0 bridgehead atoms. The molecule has 0 amide bonds. The Balaban J connectivity index is 2.68. The van der Waals surface area contributed by atoms with Crippen molar-refractivity contribution in [2.45, 2.75) is 45.3 Å². The number of rotatable bonds is 7. The maximum Gasteiger partial charge on any atom is 0.324 e. The number of nitrogens with one attached hydrogen (secondary N) is 1. The van der Waals surface area contributed by atoms with Crippen LogP contribution in [0.2, 0.25) is 0 Å². The number of ether oxygens (including phenoxy) is 1. The quantitative estimate of drug-likeness (QED) is 0.624. The lowest BCUT2D eigenvalue weighted by Crippen LogP contribution is -2.48. The minimum absolute atomic E-state index is 0.0507. The Kier molecular flexibility index (Phi) is 6.18. The van der Waals surface area contributed by atoms with E-state index in [4.69, 9.17) is 4.74 Å². The van der Waals surface area contributed by atoms with Gasteiger partial charge in [-0.05, 0) is 26.2 Å². The highest BCUT2D eigenvalue weighted by Crippen LogP contribution is 2.21. The Morgan fingerprint density at radius 3 is 2.79 bits per heavy atom. The molecule has 0 aromatic heterocycles. The summed E-state index contributed by atoms with van der Waals surface area (Å²) < 4.78 is 32.4. The van der Waals surface area contributed by atoms with Crippen LogP contribution in [0.3, 0.4) is 0 Å². The topological polar surface area (TPSA) is 95.9 Å². The molecule has 8 heteroatoms. The lowest BCUT2D eigenvalue weighted by molar-refractivity contribution is -0.146. The van der Waals surface area contributed by atoms with Gasteiger partial charge >= 0.3 is 5.97 Å². The van der Waals surface area contributed by atoms with Crippen molar-refractivity contribution >= 4 is 16.2 Å². The molecule has 7 nitrogen and oxygen atoms in total. The molecule has 0 aromatic carbocycles. The van der Waals surface area contributed by atoms with E-state index in [1.54, 1.807) is 13.8 Å². The van der Waals surface area contributed by atoms with Crippen molar-refractivity contribution in [3.05, 3.63) is 0 Å². The van der Waals surface area contributed by atoms with Gasteiger partial charge in [0.25, 0.3) is 10.2 Å². The fourth-order valence-electron chi connectivity index (χ4n) is 1.93. The van der Waals surface area contributed by atoms with E-state index in [-0.39, 0.29) is 13.2 Å². The van der Waals surface area contributed by atoms with Crippen LogP contribution in [-0.4, -0.2) is 55.6 Å². The number of aliphatic hydroxyl groups is 1. The van der Waals surface area contributed by atoms with Crippen LogP contribution in [-0.2, 0) is 19.7 Å².